The molecule has 32 heavy (non-hydrogen) atoms. The SMILES string of the molecule is CCOC(=O)c1cc(Br)cc2c([C@@H]3C[C@H]4CC[C@@H](C3)S4(=O)=O)cn(C(=O)OC(C)(C)C)c12. The fraction of sp³-hybridized carbons (Fsp3) is 0.565. The Kier molecular flexibility index (Phi) is 5.94. The number of carbonyl (C=O) groups excluding carboxylic acids is 2. The summed E-state index contributed by atoms with van der Waals surface area (Å²) in [6.07, 6.45) is 3.54. The molecule has 4 rings (SSSR count). The van der Waals surface area contributed by atoms with Crippen molar-refractivity contribution in [2.45, 2.75) is 75.4 Å². The monoisotopic (exact) mass is 525 g/mol. The minimum absolute atomic E-state index is 0.0217. The molecule has 2 aliphatic heterocycles. The Morgan fingerprint density at radius 3 is 2.34 bits per heavy atom. The molecule has 2 saturated heterocycles. The van der Waals surface area contributed by atoms with Crippen LogP contribution in [0.15, 0.2) is 22.8 Å². The fourth-order valence-corrected chi connectivity index (χ4v) is 7.89. The molecule has 0 radical (unpaired) electrons. The molecule has 7 nitrogen and oxygen atoms in total. The molecule has 174 valence electrons. The predicted octanol–water partition coefficient (Wildman–Crippen LogP) is 5.19. The molecule has 0 unspecified atom stereocenters. The van der Waals surface area contributed by atoms with Crippen molar-refractivity contribution in [1.82, 2.24) is 4.57 Å². The van der Waals surface area contributed by atoms with E-state index >= 15 is 0 Å². The Morgan fingerprint density at radius 1 is 1.16 bits per heavy atom. The average Bonchev–Trinajstić information content (AvgIpc) is 3.06. The van der Waals surface area contributed by atoms with E-state index in [-0.39, 0.29) is 28.6 Å². The number of sulfone groups is 1. The van der Waals surface area contributed by atoms with Gasteiger partial charge in [0.15, 0.2) is 9.84 Å². The van der Waals surface area contributed by atoms with Gasteiger partial charge in [-0.2, -0.15) is 0 Å². The molecule has 9 heteroatoms. The molecule has 0 N–H and O–H groups in total. The molecule has 2 bridgehead atoms. The maximum Gasteiger partial charge on any atom is 0.419 e. The van der Waals surface area contributed by atoms with Crippen molar-refractivity contribution < 1.29 is 27.5 Å². The summed E-state index contributed by atoms with van der Waals surface area (Å²) < 4.78 is 38.1. The molecule has 2 aliphatic rings. The predicted molar refractivity (Wildman–Crippen MR) is 125 cm³/mol. The maximum absolute atomic E-state index is 13.1. The van der Waals surface area contributed by atoms with E-state index in [2.05, 4.69) is 15.9 Å². The Morgan fingerprint density at radius 2 is 1.78 bits per heavy atom. The number of esters is 1. The first-order valence-electron chi connectivity index (χ1n) is 10.9. The van der Waals surface area contributed by atoms with E-state index in [1.807, 2.05) is 6.07 Å². The first-order valence-corrected chi connectivity index (χ1v) is 13.3. The first kappa shape index (κ1) is 23.3. The highest BCUT2D eigenvalue weighted by atomic mass is 79.9. The van der Waals surface area contributed by atoms with Crippen LogP contribution in [0.1, 0.15) is 75.2 Å². The molecule has 1 aromatic carbocycles. The molecule has 0 aliphatic carbocycles. The van der Waals surface area contributed by atoms with Gasteiger partial charge < -0.3 is 9.47 Å². The number of hydrogen-bond donors (Lipinski definition) is 0. The Hall–Kier alpha value is -1.87. The number of hydrogen-bond acceptors (Lipinski definition) is 6. The van der Waals surface area contributed by atoms with Crippen molar-refractivity contribution in [3.8, 4) is 0 Å². The Bertz CT molecular complexity index is 1170. The number of benzene rings is 1. The quantitative estimate of drug-likeness (QED) is 0.512. The lowest BCUT2D eigenvalue weighted by Crippen LogP contribution is -2.32. The number of fused-ring (bicyclic) bond motifs is 3. The Labute approximate surface area is 196 Å². The van der Waals surface area contributed by atoms with Crippen LogP contribution in [0, 0.1) is 0 Å². The molecule has 3 atom stereocenters. The molecule has 3 heterocycles. The molecular weight excluding hydrogens is 498 g/mol. The van der Waals surface area contributed by atoms with Crippen LogP contribution in [-0.4, -0.2) is 47.8 Å². The van der Waals surface area contributed by atoms with E-state index in [1.165, 1.54) is 4.57 Å². The topological polar surface area (TPSA) is 91.7 Å². The van der Waals surface area contributed by atoms with Gasteiger partial charge in [0.2, 0.25) is 0 Å². The second-order valence-corrected chi connectivity index (χ2v) is 13.0. The van der Waals surface area contributed by atoms with Crippen LogP contribution in [-0.2, 0) is 19.3 Å². The van der Waals surface area contributed by atoms with Crippen molar-refractivity contribution in [2.24, 2.45) is 0 Å². The number of carbonyl (C=O) groups is 2. The largest absolute Gasteiger partial charge is 0.462 e. The zero-order valence-corrected chi connectivity index (χ0v) is 21.1. The van der Waals surface area contributed by atoms with Crippen molar-refractivity contribution in [3.05, 3.63) is 33.9 Å². The zero-order valence-electron chi connectivity index (χ0n) is 18.7. The average molecular weight is 526 g/mol. The third-order valence-electron chi connectivity index (χ3n) is 6.25. The van der Waals surface area contributed by atoms with Gasteiger partial charge in [-0.1, -0.05) is 15.9 Å². The van der Waals surface area contributed by atoms with Crippen LogP contribution in [0.25, 0.3) is 10.9 Å². The molecular formula is C23H28BrNO6S. The maximum atomic E-state index is 13.1. The summed E-state index contributed by atoms with van der Waals surface area (Å²) >= 11 is 3.48. The van der Waals surface area contributed by atoms with E-state index < -0.39 is 27.5 Å². The van der Waals surface area contributed by atoms with Crippen molar-refractivity contribution in [2.75, 3.05) is 6.61 Å². The number of nitrogens with zero attached hydrogens (tertiary/aromatic N) is 1. The van der Waals surface area contributed by atoms with E-state index in [4.69, 9.17) is 9.47 Å². The summed E-state index contributed by atoms with van der Waals surface area (Å²) in [4.78, 5) is 25.9. The molecule has 1 aromatic heterocycles. The van der Waals surface area contributed by atoms with Crippen LogP contribution >= 0.6 is 15.9 Å². The van der Waals surface area contributed by atoms with Crippen molar-refractivity contribution >= 4 is 48.7 Å². The van der Waals surface area contributed by atoms with Crippen molar-refractivity contribution in [1.29, 1.82) is 0 Å². The molecule has 0 spiro atoms. The summed E-state index contributed by atoms with van der Waals surface area (Å²) in [5.74, 6) is -0.550. The van der Waals surface area contributed by atoms with Gasteiger partial charge in [-0.05, 0) is 77.0 Å². The second kappa shape index (κ2) is 8.17. The summed E-state index contributed by atoms with van der Waals surface area (Å²) in [5, 5.41) is 0.0442. The second-order valence-electron chi connectivity index (χ2n) is 9.58. The van der Waals surface area contributed by atoms with E-state index in [1.54, 1.807) is 40.0 Å². The van der Waals surface area contributed by atoms with Gasteiger partial charge in [-0.3, -0.25) is 4.57 Å². The number of halogens is 1. The lowest BCUT2D eigenvalue weighted by Gasteiger charge is -2.27. The van der Waals surface area contributed by atoms with Gasteiger partial charge in [-0.25, -0.2) is 18.0 Å². The van der Waals surface area contributed by atoms with Crippen LogP contribution in [0.4, 0.5) is 4.79 Å². The van der Waals surface area contributed by atoms with Crippen molar-refractivity contribution in [3.63, 3.8) is 0 Å². The molecule has 2 aromatic rings. The van der Waals surface area contributed by atoms with E-state index in [0.29, 0.717) is 35.7 Å². The van der Waals surface area contributed by atoms with Crippen LogP contribution in [0.5, 0.6) is 0 Å². The fourth-order valence-electron chi connectivity index (χ4n) is 4.96. The summed E-state index contributed by atoms with van der Waals surface area (Å²) in [5.41, 5.74) is 0.839. The first-order chi connectivity index (χ1) is 14.9. The van der Waals surface area contributed by atoms with Gasteiger partial charge >= 0.3 is 12.1 Å². The summed E-state index contributed by atoms with van der Waals surface area (Å²) in [6, 6.07) is 3.51. The van der Waals surface area contributed by atoms with Crippen LogP contribution < -0.4 is 0 Å². The number of aromatic nitrogens is 1. The summed E-state index contributed by atoms with van der Waals surface area (Å²) in [6.45, 7) is 7.28. The minimum atomic E-state index is -3.08. The normalized spacial score (nSPS) is 24.5. The number of ether oxygens (including phenoxy) is 2. The zero-order chi connectivity index (χ0) is 23.4. The van der Waals surface area contributed by atoms with E-state index in [9.17, 15) is 18.0 Å². The van der Waals surface area contributed by atoms with Crippen LogP contribution in [0.3, 0.4) is 0 Å². The lowest BCUT2D eigenvalue weighted by molar-refractivity contribution is 0.0527. The standard InChI is InChI=1S/C23H28BrNO6S/c1-5-30-21(26)18-11-14(24)10-17-19(12-25(20(17)18)22(27)31-23(2,3)4)13-8-15-6-7-16(9-13)32(15,28)29/h10-13,15-16H,5-9H2,1-4H3/t13-,15-,16+. The highest BCUT2D eigenvalue weighted by molar-refractivity contribution is 9.10. The van der Waals surface area contributed by atoms with Gasteiger partial charge in [0.1, 0.15) is 5.60 Å². The third kappa shape index (κ3) is 4.09. The van der Waals surface area contributed by atoms with Gasteiger partial charge in [-0.15, -0.1) is 0 Å². The minimum Gasteiger partial charge on any atom is -0.462 e. The van der Waals surface area contributed by atoms with Gasteiger partial charge in [0.05, 0.1) is 28.2 Å². The molecule has 0 amide bonds. The smallest absolute Gasteiger partial charge is 0.419 e. The number of rotatable bonds is 3. The van der Waals surface area contributed by atoms with Crippen LogP contribution in [0.2, 0.25) is 0 Å². The Balaban J connectivity index is 1.89. The lowest BCUT2D eigenvalue weighted by atomic mass is 9.90. The van der Waals surface area contributed by atoms with Gasteiger partial charge in [0.25, 0.3) is 0 Å². The van der Waals surface area contributed by atoms with Gasteiger partial charge in [0, 0.05) is 16.1 Å². The van der Waals surface area contributed by atoms with E-state index in [0.717, 1.165) is 10.9 Å². The third-order valence-corrected chi connectivity index (χ3v) is 9.43. The summed E-state index contributed by atoms with van der Waals surface area (Å²) in [7, 11) is -3.08. The highest BCUT2D eigenvalue weighted by Crippen LogP contribution is 2.47. The highest BCUT2D eigenvalue weighted by Gasteiger charge is 2.47. The molecule has 2 fully saturated rings. The molecule has 0 saturated carbocycles.